The van der Waals surface area contributed by atoms with Crippen molar-refractivity contribution in [2.75, 3.05) is 26.3 Å². The van der Waals surface area contributed by atoms with E-state index >= 15 is 0 Å². The van der Waals surface area contributed by atoms with E-state index in [9.17, 15) is 4.79 Å². The quantitative estimate of drug-likeness (QED) is 0.428. The highest BCUT2D eigenvalue weighted by atomic mass is 16.6. The molecule has 2 fully saturated rings. The van der Waals surface area contributed by atoms with Crippen LogP contribution in [0, 0.1) is 0 Å². The third kappa shape index (κ3) is 5.56. The molecule has 1 N–H and O–H groups in total. The average molecular weight is 373 g/mol. The first-order valence-electron chi connectivity index (χ1n) is 10.3. The Morgan fingerprint density at radius 2 is 2.07 bits per heavy atom. The molecule has 27 heavy (non-hydrogen) atoms. The van der Waals surface area contributed by atoms with E-state index in [4.69, 9.17) is 9.57 Å². The Labute approximate surface area is 162 Å². The number of nitrogens with zero attached hydrogens (tertiary/aromatic N) is 1. The molecule has 1 saturated heterocycles. The molecule has 1 heterocycles. The van der Waals surface area contributed by atoms with E-state index in [-0.39, 0.29) is 12.0 Å². The van der Waals surface area contributed by atoms with Crippen molar-refractivity contribution in [3.63, 3.8) is 0 Å². The molecule has 0 spiro atoms. The Hall–Kier alpha value is -1.85. The van der Waals surface area contributed by atoms with Crippen LogP contribution in [0.1, 0.15) is 56.9 Å². The van der Waals surface area contributed by atoms with Gasteiger partial charge in [0.05, 0.1) is 13.2 Å². The minimum Gasteiger partial charge on any atom is -0.465 e. The first kappa shape index (κ1) is 19.9. The van der Waals surface area contributed by atoms with Gasteiger partial charge in [-0.2, -0.15) is 0 Å². The molecular formula is C22H32N2O3. The number of rotatable bonds is 8. The predicted octanol–water partition coefficient (Wildman–Crippen LogP) is 3.78. The van der Waals surface area contributed by atoms with E-state index < -0.39 is 0 Å². The Bertz CT molecular complexity index is 617. The van der Waals surface area contributed by atoms with Crippen molar-refractivity contribution >= 4 is 5.97 Å². The third-order valence-corrected chi connectivity index (χ3v) is 5.59. The fourth-order valence-electron chi connectivity index (χ4n) is 4.21. The highest BCUT2D eigenvalue weighted by molar-refractivity contribution is 5.75. The lowest BCUT2D eigenvalue weighted by atomic mass is 9.94. The molecular weight excluding hydrogens is 340 g/mol. The summed E-state index contributed by atoms with van der Waals surface area (Å²) in [6.45, 7) is 4.52. The Balaban J connectivity index is 1.44. The van der Waals surface area contributed by atoms with E-state index in [0.29, 0.717) is 19.1 Å². The van der Waals surface area contributed by atoms with Crippen molar-refractivity contribution in [2.45, 2.75) is 57.4 Å². The monoisotopic (exact) mass is 372 g/mol. The zero-order chi connectivity index (χ0) is 18.9. The lowest BCUT2D eigenvalue weighted by molar-refractivity contribution is -0.151. The molecule has 5 nitrogen and oxygen atoms in total. The third-order valence-electron chi connectivity index (χ3n) is 5.59. The fourth-order valence-corrected chi connectivity index (χ4v) is 4.21. The molecule has 1 saturated carbocycles. The largest absolute Gasteiger partial charge is 0.465 e. The molecule has 1 aromatic rings. The van der Waals surface area contributed by atoms with Gasteiger partial charge in [-0.1, -0.05) is 36.8 Å². The van der Waals surface area contributed by atoms with Crippen LogP contribution in [-0.4, -0.2) is 43.2 Å². The van der Waals surface area contributed by atoms with Gasteiger partial charge in [0.1, 0.15) is 6.04 Å². The van der Waals surface area contributed by atoms with Gasteiger partial charge in [0.15, 0.2) is 0 Å². The number of likely N-dealkylation sites (tertiary alicyclic amines) is 1. The standard InChI is InChI=1S/C22H32N2O3/c1-2-26-22(25)21-13-6-7-14-24(21)15-16-27-23-17-19-11-8-12-20(19)18-9-4-3-5-10-18/h3-5,9-10,17,20-21,23H,2,6-8,11-16H2,1H3/t20?,21-/m1/s1. The Kier molecular flexibility index (Phi) is 7.72. The molecule has 148 valence electrons. The number of benzene rings is 1. The first-order valence-corrected chi connectivity index (χ1v) is 10.3. The summed E-state index contributed by atoms with van der Waals surface area (Å²) in [4.78, 5) is 20.0. The second-order valence-corrected chi connectivity index (χ2v) is 7.34. The maximum Gasteiger partial charge on any atom is 0.323 e. The normalized spacial score (nSPS) is 24.9. The first-order chi connectivity index (χ1) is 13.3. The Morgan fingerprint density at radius 3 is 2.89 bits per heavy atom. The van der Waals surface area contributed by atoms with Crippen LogP contribution in [0.3, 0.4) is 0 Å². The van der Waals surface area contributed by atoms with Crippen LogP contribution < -0.4 is 5.48 Å². The zero-order valence-corrected chi connectivity index (χ0v) is 16.4. The van der Waals surface area contributed by atoms with Crippen LogP contribution in [-0.2, 0) is 14.4 Å². The summed E-state index contributed by atoms with van der Waals surface area (Å²) in [6, 6.07) is 10.6. The number of nitrogens with one attached hydrogen (secondary N) is 1. The molecule has 0 radical (unpaired) electrons. The predicted molar refractivity (Wildman–Crippen MR) is 106 cm³/mol. The highest BCUT2D eigenvalue weighted by Gasteiger charge is 2.29. The SMILES string of the molecule is CCOC(=O)[C@H]1CCCCN1CCONC=C1CCCC1c1ccccc1. The van der Waals surface area contributed by atoms with E-state index in [1.807, 2.05) is 13.1 Å². The number of ether oxygens (including phenoxy) is 1. The zero-order valence-electron chi connectivity index (χ0n) is 16.4. The van der Waals surface area contributed by atoms with E-state index in [1.54, 1.807) is 0 Å². The molecule has 2 aliphatic rings. The van der Waals surface area contributed by atoms with Crippen molar-refractivity contribution in [3.05, 3.63) is 47.7 Å². The van der Waals surface area contributed by atoms with Crippen LogP contribution in [0.15, 0.2) is 42.1 Å². The smallest absolute Gasteiger partial charge is 0.323 e. The fraction of sp³-hybridized carbons (Fsp3) is 0.591. The number of allylic oxidation sites excluding steroid dienone is 1. The number of piperidine rings is 1. The van der Waals surface area contributed by atoms with Gasteiger partial charge in [-0.25, -0.2) is 0 Å². The highest BCUT2D eigenvalue weighted by Crippen LogP contribution is 2.38. The van der Waals surface area contributed by atoms with Gasteiger partial charge < -0.3 is 4.74 Å². The van der Waals surface area contributed by atoms with Gasteiger partial charge in [0.25, 0.3) is 0 Å². The van der Waals surface area contributed by atoms with Crippen molar-refractivity contribution in [2.24, 2.45) is 0 Å². The number of hydrogen-bond acceptors (Lipinski definition) is 5. The summed E-state index contributed by atoms with van der Waals surface area (Å²) < 4.78 is 5.21. The molecule has 3 rings (SSSR count). The van der Waals surface area contributed by atoms with Crippen molar-refractivity contribution in [3.8, 4) is 0 Å². The number of hydrogen-bond donors (Lipinski definition) is 1. The Morgan fingerprint density at radius 1 is 1.22 bits per heavy atom. The molecule has 0 amide bonds. The second-order valence-electron chi connectivity index (χ2n) is 7.34. The summed E-state index contributed by atoms with van der Waals surface area (Å²) in [7, 11) is 0. The van der Waals surface area contributed by atoms with Crippen molar-refractivity contribution in [1.82, 2.24) is 10.4 Å². The van der Waals surface area contributed by atoms with Gasteiger partial charge >= 0.3 is 5.97 Å². The molecule has 1 aromatic carbocycles. The lowest BCUT2D eigenvalue weighted by Gasteiger charge is -2.33. The average Bonchev–Trinajstić information content (AvgIpc) is 3.17. The summed E-state index contributed by atoms with van der Waals surface area (Å²) in [6.07, 6.45) is 8.68. The van der Waals surface area contributed by atoms with Gasteiger partial charge in [-0.05, 0) is 56.7 Å². The molecule has 1 aliphatic heterocycles. The van der Waals surface area contributed by atoms with Gasteiger partial charge in [0, 0.05) is 18.7 Å². The van der Waals surface area contributed by atoms with E-state index in [0.717, 1.165) is 38.8 Å². The lowest BCUT2D eigenvalue weighted by Crippen LogP contribution is -2.47. The summed E-state index contributed by atoms with van der Waals surface area (Å²) in [5.41, 5.74) is 5.82. The number of hydroxylamine groups is 1. The van der Waals surface area contributed by atoms with Crippen LogP contribution in [0.25, 0.3) is 0 Å². The number of esters is 1. The molecule has 5 heteroatoms. The minimum atomic E-state index is -0.113. The van der Waals surface area contributed by atoms with Crippen LogP contribution >= 0.6 is 0 Å². The van der Waals surface area contributed by atoms with Crippen LogP contribution in [0.5, 0.6) is 0 Å². The number of carbonyl (C=O) groups excluding carboxylic acids is 1. The summed E-state index contributed by atoms with van der Waals surface area (Å²) in [5, 5.41) is 0. The van der Waals surface area contributed by atoms with Crippen molar-refractivity contribution in [1.29, 1.82) is 0 Å². The molecule has 0 bridgehead atoms. The van der Waals surface area contributed by atoms with Gasteiger partial charge in [0.2, 0.25) is 0 Å². The molecule has 1 aliphatic carbocycles. The van der Waals surface area contributed by atoms with E-state index in [2.05, 4.69) is 40.7 Å². The van der Waals surface area contributed by atoms with Gasteiger partial charge in [-0.15, -0.1) is 0 Å². The summed E-state index contributed by atoms with van der Waals surface area (Å²) >= 11 is 0. The van der Waals surface area contributed by atoms with Gasteiger partial charge in [-0.3, -0.25) is 20.0 Å². The van der Waals surface area contributed by atoms with Crippen LogP contribution in [0.4, 0.5) is 0 Å². The molecule has 2 atom stereocenters. The number of carbonyl (C=O) groups is 1. The maximum absolute atomic E-state index is 12.1. The summed E-state index contributed by atoms with van der Waals surface area (Å²) in [5.74, 6) is 0.404. The molecule has 1 unspecified atom stereocenters. The van der Waals surface area contributed by atoms with E-state index in [1.165, 1.54) is 24.0 Å². The second kappa shape index (κ2) is 10.5. The van der Waals surface area contributed by atoms with Crippen molar-refractivity contribution < 1.29 is 14.4 Å². The van der Waals surface area contributed by atoms with Crippen LogP contribution in [0.2, 0.25) is 0 Å². The topological polar surface area (TPSA) is 50.8 Å². The maximum atomic E-state index is 12.1. The minimum absolute atomic E-state index is 0.0936. The molecule has 0 aromatic heterocycles.